The van der Waals surface area contributed by atoms with E-state index in [0.717, 1.165) is 5.92 Å². The zero-order chi connectivity index (χ0) is 10.8. The van der Waals surface area contributed by atoms with E-state index in [4.69, 9.17) is 3.79 Å². The Bertz CT molecular complexity index is 133. The summed E-state index contributed by atoms with van der Waals surface area (Å²) < 4.78 is 5.30. The molecule has 1 fully saturated rings. The van der Waals surface area contributed by atoms with Gasteiger partial charge in [0.25, 0.3) is 0 Å². The predicted octanol–water partition coefficient (Wildman–Crippen LogP) is 2.47. The summed E-state index contributed by atoms with van der Waals surface area (Å²) in [6.07, 6.45) is 7.44. The quantitative estimate of drug-likeness (QED) is 0.672. The van der Waals surface area contributed by atoms with Gasteiger partial charge in [-0.3, -0.25) is 0 Å². The Kier molecular flexibility index (Phi) is 11.1. The van der Waals surface area contributed by atoms with Gasteiger partial charge in [-0.25, -0.2) is 0 Å². The van der Waals surface area contributed by atoms with Gasteiger partial charge in [0.1, 0.15) is 0 Å². The van der Waals surface area contributed by atoms with Gasteiger partial charge in [0.2, 0.25) is 0 Å². The summed E-state index contributed by atoms with van der Waals surface area (Å²) in [5, 5.41) is 3.78. The van der Waals surface area contributed by atoms with Gasteiger partial charge in [-0.2, -0.15) is 0 Å². The summed E-state index contributed by atoms with van der Waals surface area (Å²) in [4.78, 5) is 0.483. The van der Waals surface area contributed by atoms with E-state index in [9.17, 15) is 0 Å². The molecular formula is C11H24Al2O. The topological polar surface area (TPSA) is 9.23 Å². The molecule has 0 amide bonds. The molecule has 1 unspecified atom stereocenters. The van der Waals surface area contributed by atoms with Gasteiger partial charge in [0.05, 0.1) is 0 Å². The van der Waals surface area contributed by atoms with Crippen LogP contribution in [-0.2, 0) is 3.79 Å². The second kappa shape index (κ2) is 10.4. The molecule has 0 radical (unpaired) electrons. The van der Waals surface area contributed by atoms with Crippen LogP contribution in [0.25, 0.3) is 0 Å². The van der Waals surface area contributed by atoms with E-state index >= 15 is 0 Å². The Balaban J connectivity index is 0.000000241. The fourth-order valence-electron chi connectivity index (χ4n) is 1.64. The molecule has 0 aliphatic heterocycles. The normalized spacial score (nSPS) is 18.8. The van der Waals surface area contributed by atoms with Crippen LogP contribution in [-0.4, -0.2) is 40.7 Å². The first kappa shape index (κ1) is 14.9. The Labute approximate surface area is 102 Å². The second-order valence-corrected chi connectivity index (χ2v) is 6.46. The van der Waals surface area contributed by atoms with Crippen molar-refractivity contribution in [1.29, 1.82) is 0 Å². The van der Waals surface area contributed by atoms with Gasteiger partial charge < -0.3 is 0 Å². The molecule has 1 saturated carbocycles. The molecule has 0 aromatic carbocycles. The molecule has 0 spiro atoms. The average molecular weight is 226 g/mol. The van der Waals surface area contributed by atoms with Crippen LogP contribution >= 0.6 is 0 Å². The van der Waals surface area contributed by atoms with E-state index in [1.807, 2.05) is 0 Å². The van der Waals surface area contributed by atoms with E-state index in [-0.39, 0.29) is 15.6 Å². The van der Waals surface area contributed by atoms with Crippen LogP contribution in [0.4, 0.5) is 0 Å². The number of hydrogen-bond acceptors (Lipinski definition) is 1. The van der Waals surface area contributed by atoms with Crippen molar-refractivity contribution >= 4 is 35.7 Å². The Morgan fingerprint density at radius 2 is 1.93 bits per heavy atom. The van der Waals surface area contributed by atoms with E-state index in [2.05, 4.69) is 25.0 Å². The minimum absolute atomic E-state index is 0.164. The second-order valence-electron chi connectivity index (χ2n) is 4.14. The Morgan fingerprint density at radius 1 is 1.36 bits per heavy atom. The van der Waals surface area contributed by atoms with Crippen LogP contribution < -0.4 is 0 Å². The molecule has 0 bridgehead atoms. The fourth-order valence-corrected chi connectivity index (χ4v) is 3.29. The van der Waals surface area contributed by atoms with E-state index < -0.39 is 0 Å². The van der Waals surface area contributed by atoms with Crippen molar-refractivity contribution in [3.8, 4) is 0 Å². The molecule has 0 N–H and O–H groups in total. The molecule has 0 aromatic rings. The van der Waals surface area contributed by atoms with Gasteiger partial charge in [0, 0.05) is 0 Å². The van der Waals surface area contributed by atoms with Gasteiger partial charge in [-0.15, -0.1) is 0 Å². The summed E-state index contributed by atoms with van der Waals surface area (Å²) in [7, 11) is 0. The van der Waals surface area contributed by atoms with Crippen LogP contribution in [0.15, 0.2) is 0 Å². The summed E-state index contributed by atoms with van der Waals surface area (Å²) in [6.45, 7) is 4.46. The first-order chi connectivity index (χ1) is 6.70. The maximum atomic E-state index is 5.30. The molecule has 0 saturated heterocycles. The third kappa shape index (κ3) is 9.45. The van der Waals surface area contributed by atoms with Gasteiger partial charge in [-0.1, -0.05) is 39.0 Å². The molecule has 3 heteroatoms. The zero-order valence-electron chi connectivity index (χ0n) is 10.1. The molecule has 1 aliphatic carbocycles. The predicted molar refractivity (Wildman–Crippen MR) is 68.7 cm³/mol. The van der Waals surface area contributed by atoms with Crippen LogP contribution in [0.1, 0.15) is 46.0 Å². The molecule has 1 rings (SSSR count). The van der Waals surface area contributed by atoms with E-state index in [0.29, 0.717) is 19.7 Å². The van der Waals surface area contributed by atoms with Crippen molar-refractivity contribution in [2.45, 2.75) is 56.7 Å². The monoisotopic (exact) mass is 226 g/mol. The standard InChI is InChI=1S/C7H14.C2H4O.CH3.CH2.2Al.H/c1-7-5-3-2-4-6-7;1-2-3;;;;;/h7H,2-6H2,1H3;2H,1H3;1H3;1H2;;;/q;-1;;;;+1;. The minimum atomic E-state index is -0.164. The molecule has 0 heterocycles. The van der Waals surface area contributed by atoms with Gasteiger partial charge in [0.15, 0.2) is 0 Å². The Morgan fingerprint density at radius 3 is 2.14 bits per heavy atom. The SMILES string of the molecule is CC1CCCCC1.[CH2]=[Al][CH](C)[O][AlH][CH3]. The van der Waals surface area contributed by atoms with Crippen molar-refractivity contribution in [1.82, 2.24) is 0 Å². The van der Waals surface area contributed by atoms with Gasteiger partial charge >= 0.3 is 57.2 Å². The first-order valence-corrected chi connectivity index (χ1v) is 9.42. The third-order valence-corrected chi connectivity index (χ3v) is 4.76. The van der Waals surface area contributed by atoms with Crippen molar-refractivity contribution < 1.29 is 3.79 Å². The fraction of sp³-hybridized carbons (Fsp3) is 0.909. The van der Waals surface area contributed by atoms with Crippen molar-refractivity contribution in [3.05, 3.63) is 0 Å². The average Bonchev–Trinajstić information content (AvgIpc) is 2.20. The molecule has 1 atom stereocenters. The van der Waals surface area contributed by atoms with Crippen LogP contribution in [0, 0.1) is 5.92 Å². The molecule has 0 aromatic heterocycles. The summed E-state index contributed by atoms with van der Waals surface area (Å²) in [5.41, 5.74) is 0. The molecule has 14 heavy (non-hydrogen) atoms. The van der Waals surface area contributed by atoms with Crippen LogP contribution in [0.3, 0.4) is 0 Å². The van der Waals surface area contributed by atoms with Crippen LogP contribution in [0.5, 0.6) is 0 Å². The first-order valence-electron chi connectivity index (χ1n) is 5.94. The third-order valence-electron chi connectivity index (χ3n) is 2.66. The molecular weight excluding hydrogens is 202 g/mol. The zero-order valence-corrected chi connectivity index (χ0v) is 12.7. The molecule has 1 nitrogen and oxygen atoms in total. The van der Waals surface area contributed by atoms with Crippen molar-refractivity contribution in [2.75, 3.05) is 0 Å². The Hall–Kier alpha value is 0.895. The van der Waals surface area contributed by atoms with Crippen LogP contribution in [0.2, 0.25) is 5.79 Å². The molecule has 80 valence electrons. The van der Waals surface area contributed by atoms with E-state index in [1.165, 1.54) is 32.1 Å². The summed E-state index contributed by atoms with van der Waals surface area (Å²) in [5.74, 6) is 3.18. The van der Waals surface area contributed by atoms with Gasteiger partial charge in [-0.05, 0) is 5.92 Å². The number of hydrogen-bond donors (Lipinski definition) is 0. The summed E-state index contributed by atoms with van der Waals surface area (Å²) in [6, 6.07) is 0. The van der Waals surface area contributed by atoms with Crippen molar-refractivity contribution in [2.24, 2.45) is 5.92 Å². The maximum absolute atomic E-state index is 5.30. The van der Waals surface area contributed by atoms with Crippen molar-refractivity contribution in [3.63, 3.8) is 0 Å². The van der Waals surface area contributed by atoms with E-state index in [1.54, 1.807) is 0 Å². The summed E-state index contributed by atoms with van der Waals surface area (Å²) >= 11 is 0.132. The number of rotatable bonds is 3. The molecule has 1 aliphatic rings.